The summed E-state index contributed by atoms with van der Waals surface area (Å²) < 4.78 is 27.9. The molecule has 1 atom stereocenters. The van der Waals surface area contributed by atoms with Gasteiger partial charge in [-0.25, -0.2) is 8.42 Å². The second kappa shape index (κ2) is 8.32. The van der Waals surface area contributed by atoms with Gasteiger partial charge in [-0.3, -0.25) is 9.52 Å². The lowest BCUT2D eigenvalue weighted by molar-refractivity contribution is 0.0635. The molecule has 1 aliphatic heterocycles. The highest BCUT2D eigenvalue weighted by Crippen LogP contribution is 2.21. The number of benzene rings is 2. The van der Waals surface area contributed by atoms with E-state index in [2.05, 4.69) is 9.62 Å². The van der Waals surface area contributed by atoms with Crippen LogP contribution in [-0.4, -0.2) is 57.4 Å². The summed E-state index contributed by atoms with van der Waals surface area (Å²) in [4.78, 5) is 16.9. The minimum Gasteiger partial charge on any atom is -0.337 e. The largest absolute Gasteiger partial charge is 0.337 e. The Morgan fingerprint density at radius 3 is 2.43 bits per heavy atom. The molecule has 1 unspecified atom stereocenters. The lowest BCUT2D eigenvalue weighted by atomic mass is 10.0. The highest BCUT2D eigenvalue weighted by atomic mass is 32.2. The SMILES string of the molecule is Cc1ccccc1NS(=O)(=O)c1ccc(C(=O)N2CCCC(N(C)C)C2)cc1. The Balaban J connectivity index is 1.74. The molecule has 0 aliphatic carbocycles. The van der Waals surface area contributed by atoms with Crippen molar-refractivity contribution in [1.82, 2.24) is 9.80 Å². The fourth-order valence-electron chi connectivity index (χ4n) is 3.41. The van der Waals surface area contributed by atoms with Gasteiger partial charge >= 0.3 is 0 Å². The van der Waals surface area contributed by atoms with Gasteiger partial charge in [0.1, 0.15) is 0 Å². The molecule has 2 aromatic carbocycles. The van der Waals surface area contributed by atoms with E-state index in [4.69, 9.17) is 0 Å². The molecule has 28 heavy (non-hydrogen) atoms. The zero-order chi connectivity index (χ0) is 20.3. The van der Waals surface area contributed by atoms with Gasteiger partial charge in [0.2, 0.25) is 0 Å². The number of nitrogens with one attached hydrogen (secondary N) is 1. The van der Waals surface area contributed by atoms with Gasteiger partial charge in [-0.05, 0) is 69.8 Å². The Morgan fingerprint density at radius 2 is 1.79 bits per heavy atom. The molecule has 1 aliphatic rings. The quantitative estimate of drug-likeness (QED) is 0.836. The maximum absolute atomic E-state index is 12.8. The van der Waals surface area contributed by atoms with Gasteiger partial charge < -0.3 is 9.80 Å². The molecule has 1 saturated heterocycles. The number of carbonyl (C=O) groups is 1. The third-order valence-corrected chi connectivity index (χ3v) is 6.60. The molecule has 150 valence electrons. The predicted octanol–water partition coefficient (Wildman–Crippen LogP) is 2.96. The van der Waals surface area contributed by atoms with Crippen molar-refractivity contribution in [2.24, 2.45) is 0 Å². The second-order valence-corrected chi connectivity index (χ2v) is 9.14. The van der Waals surface area contributed by atoms with Crippen LogP contribution in [0.15, 0.2) is 53.4 Å². The number of rotatable bonds is 5. The zero-order valence-corrected chi connectivity index (χ0v) is 17.4. The molecule has 3 rings (SSSR count). The Labute approximate surface area is 167 Å². The van der Waals surface area contributed by atoms with Crippen molar-refractivity contribution >= 4 is 21.6 Å². The molecule has 2 aromatic rings. The first-order chi connectivity index (χ1) is 13.3. The van der Waals surface area contributed by atoms with Crippen molar-refractivity contribution in [3.05, 3.63) is 59.7 Å². The van der Waals surface area contributed by atoms with Gasteiger partial charge in [0.05, 0.1) is 10.6 Å². The Morgan fingerprint density at radius 1 is 1.11 bits per heavy atom. The summed E-state index contributed by atoms with van der Waals surface area (Å²) in [6, 6.07) is 13.7. The van der Waals surface area contributed by atoms with E-state index in [-0.39, 0.29) is 10.8 Å². The van der Waals surface area contributed by atoms with Crippen molar-refractivity contribution in [2.75, 3.05) is 31.9 Å². The van der Waals surface area contributed by atoms with Gasteiger partial charge in [0.25, 0.3) is 15.9 Å². The fraction of sp³-hybridized carbons (Fsp3) is 0.381. The van der Waals surface area contributed by atoms with Crippen LogP contribution in [0.4, 0.5) is 5.69 Å². The number of piperidine rings is 1. The van der Waals surface area contributed by atoms with Crippen molar-refractivity contribution in [3.8, 4) is 0 Å². The minimum atomic E-state index is -3.70. The number of carbonyl (C=O) groups excluding carboxylic acids is 1. The summed E-state index contributed by atoms with van der Waals surface area (Å²) in [6.45, 7) is 3.28. The number of amides is 1. The van der Waals surface area contributed by atoms with Crippen LogP contribution in [0.5, 0.6) is 0 Å². The number of hydrogen-bond donors (Lipinski definition) is 1. The van der Waals surface area contributed by atoms with Gasteiger partial charge in [0.15, 0.2) is 0 Å². The van der Waals surface area contributed by atoms with Crippen LogP contribution in [0.2, 0.25) is 0 Å². The van der Waals surface area contributed by atoms with Gasteiger partial charge in [-0.1, -0.05) is 18.2 Å². The molecule has 1 fully saturated rings. The predicted molar refractivity (Wildman–Crippen MR) is 111 cm³/mol. The Hall–Kier alpha value is -2.38. The van der Waals surface area contributed by atoms with Crippen LogP contribution < -0.4 is 4.72 Å². The highest BCUT2D eigenvalue weighted by Gasteiger charge is 2.26. The first-order valence-corrected chi connectivity index (χ1v) is 10.9. The molecule has 6 nitrogen and oxygen atoms in total. The van der Waals surface area contributed by atoms with E-state index in [0.717, 1.165) is 24.9 Å². The lowest BCUT2D eigenvalue weighted by Gasteiger charge is -2.36. The van der Waals surface area contributed by atoms with Crippen molar-refractivity contribution in [1.29, 1.82) is 0 Å². The summed E-state index contributed by atoms with van der Waals surface area (Å²) >= 11 is 0. The molecule has 0 saturated carbocycles. The van der Waals surface area contributed by atoms with Crippen LogP contribution >= 0.6 is 0 Å². The molecule has 0 bridgehead atoms. The standard InChI is InChI=1S/C21H27N3O3S/c1-16-7-4-5-9-20(16)22-28(26,27)19-12-10-17(11-13-19)21(25)24-14-6-8-18(15-24)23(2)3/h4-5,7,9-13,18,22H,6,8,14-15H2,1-3H3. The first kappa shape index (κ1) is 20.4. The number of aryl methyl sites for hydroxylation is 1. The van der Waals surface area contributed by atoms with Gasteiger partial charge in [-0.2, -0.15) is 0 Å². The van der Waals surface area contributed by atoms with Crippen LogP contribution in [0.25, 0.3) is 0 Å². The van der Waals surface area contributed by atoms with E-state index in [1.807, 2.05) is 38.1 Å². The van der Waals surface area contributed by atoms with Crippen LogP contribution in [0.1, 0.15) is 28.8 Å². The molecule has 1 N–H and O–H groups in total. The zero-order valence-electron chi connectivity index (χ0n) is 16.6. The number of sulfonamides is 1. The molecular weight excluding hydrogens is 374 g/mol. The Bertz CT molecular complexity index is 940. The Kier molecular flexibility index (Phi) is 6.05. The smallest absolute Gasteiger partial charge is 0.261 e. The van der Waals surface area contributed by atoms with Crippen LogP contribution in [-0.2, 0) is 10.0 Å². The van der Waals surface area contributed by atoms with Gasteiger partial charge in [0, 0.05) is 24.7 Å². The van der Waals surface area contributed by atoms with E-state index in [1.54, 1.807) is 24.3 Å². The molecule has 1 heterocycles. The molecule has 7 heteroatoms. The summed E-state index contributed by atoms with van der Waals surface area (Å²) in [5.74, 6) is -0.0534. The number of likely N-dealkylation sites (tertiary alicyclic amines) is 1. The summed E-state index contributed by atoms with van der Waals surface area (Å²) in [6.07, 6.45) is 2.06. The monoisotopic (exact) mass is 401 g/mol. The number of nitrogens with zero attached hydrogens (tertiary/aromatic N) is 2. The molecule has 0 aromatic heterocycles. The molecule has 1 amide bonds. The summed E-state index contributed by atoms with van der Waals surface area (Å²) in [5.41, 5.74) is 1.90. The molecule has 0 spiro atoms. The topological polar surface area (TPSA) is 69.7 Å². The maximum Gasteiger partial charge on any atom is 0.261 e. The first-order valence-electron chi connectivity index (χ1n) is 9.42. The maximum atomic E-state index is 12.8. The van der Waals surface area contributed by atoms with Crippen molar-refractivity contribution in [3.63, 3.8) is 0 Å². The molecule has 0 radical (unpaired) electrons. The fourth-order valence-corrected chi connectivity index (χ4v) is 4.54. The van der Waals surface area contributed by atoms with E-state index < -0.39 is 10.0 Å². The third kappa shape index (κ3) is 4.54. The van der Waals surface area contributed by atoms with Gasteiger partial charge in [-0.15, -0.1) is 0 Å². The summed E-state index contributed by atoms with van der Waals surface area (Å²) in [7, 11) is 0.350. The third-order valence-electron chi connectivity index (χ3n) is 5.21. The lowest BCUT2D eigenvalue weighted by Crippen LogP contribution is -2.47. The normalized spacial score (nSPS) is 17.6. The average Bonchev–Trinajstić information content (AvgIpc) is 2.69. The van der Waals surface area contributed by atoms with E-state index in [0.29, 0.717) is 23.8 Å². The summed E-state index contributed by atoms with van der Waals surface area (Å²) in [5, 5.41) is 0. The van der Waals surface area contributed by atoms with Crippen molar-refractivity contribution in [2.45, 2.75) is 30.7 Å². The second-order valence-electron chi connectivity index (χ2n) is 7.46. The average molecular weight is 402 g/mol. The number of likely N-dealkylation sites (N-methyl/N-ethyl adjacent to an activating group) is 1. The van der Waals surface area contributed by atoms with Crippen LogP contribution in [0.3, 0.4) is 0 Å². The van der Waals surface area contributed by atoms with E-state index in [1.165, 1.54) is 12.1 Å². The highest BCUT2D eigenvalue weighted by molar-refractivity contribution is 7.92. The van der Waals surface area contributed by atoms with Crippen LogP contribution in [0, 0.1) is 6.92 Å². The number of para-hydroxylation sites is 1. The van der Waals surface area contributed by atoms with Crippen molar-refractivity contribution < 1.29 is 13.2 Å². The number of hydrogen-bond acceptors (Lipinski definition) is 4. The number of anilines is 1. The van der Waals surface area contributed by atoms with E-state index in [9.17, 15) is 13.2 Å². The molecular formula is C21H27N3O3S. The van der Waals surface area contributed by atoms with E-state index >= 15 is 0 Å². The minimum absolute atomic E-state index is 0.0534.